The second-order valence-electron chi connectivity index (χ2n) is 3.70. The number of hydrogen-bond donors (Lipinski definition) is 0. The molecule has 0 unspecified atom stereocenters. The number of aryl methyl sites for hydroxylation is 1. The predicted molar refractivity (Wildman–Crippen MR) is 60.0 cm³/mol. The van der Waals surface area contributed by atoms with Gasteiger partial charge in [-0.15, -0.1) is 0 Å². The van der Waals surface area contributed by atoms with Crippen molar-refractivity contribution in [3.05, 3.63) is 54.2 Å². The quantitative estimate of drug-likeness (QED) is 0.769. The van der Waals surface area contributed by atoms with Crippen molar-refractivity contribution in [3.63, 3.8) is 0 Å². The fraction of sp³-hybridized carbons (Fsp3) is 0.231. The van der Waals surface area contributed by atoms with Gasteiger partial charge in [-0.25, -0.2) is 0 Å². The molecule has 0 saturated carbocycles. The molecule has 2 heterocycles. The summed E-state index contributed by atoms with van der Waals surface area (Å²) in [7, 11) is 0. The minimum Gasteiger partial charge on any atom is -0.472 e. The fourth-order valence-corrected chi connectivity index (χ4v) is 1.54. The van der Waals surface area contributed by atoms with Crippen molar-refractivity contribution in [1.82, 2.24) is 4.98 Å². The Labute approximate surface area is 94.1 Å². The third-order valence-corrected chi connectivity index (χ3v) is 2.42. The first-order chi connectivity index (χ1) is 7.84. The summed E-state index contributed by atoms with van der Waals surface area (Å²) in [5.74, 6) is 0.234. The number of furan rings is 1. The van der Waals surface area contributed by atoms with E-state index in [1.54, 1.807) is 24.9 Å². The summed E-state index contributed by atoms with van der Waals surface area (Å²) in [6.45, 7) is 0. The van der Waals surface area contributed by atoms with Gasteiger partial charge in [0.15, 0.2) is 0 Å². The largest absolute Gasteiger partial charge is 0.472 e. The van der Waals surface area contributed by atoms with Gasteiger partial charge in [-0.3, -0.25) is 9.78 Å². The molecule has 0 aromatic carbocycles. The highest BCUT2D eigenvalue weighted by molar-refractivity contribution is 5.80. The van der Waals surface area contributed by atoms with Gasteiger partial charge in [-0.2, -0.15) is 0 Å². The van der Waals surface area contributed by atoms with Crippen LogP contribution in [-0.4, -0.2) is 10.8 Å². The summed E-state index contributed by atoms with van der Waals surface area (Å²) in [5, 5.41) is 0. The lowest BCUT2D eigenvalue weighted by Gasteiger charge is -1.99. The van der Waals surface area contributed by atoms with E-state index in [1.165, 1.54) is 0 Å². The number of ketones is 1. The molecule has 0 N–H and O–H groups in total. The maximum Gasteiger partial charge on any atom is 0.137 e. The maximum absolute atomic E-state index is 11.6. The van der Waals surface area contributed by atoms with Gasteiger partial charge in [-0.05, 0) is 35.7 Å². The van der Waals surface area contributed by atoms with Crippen LogP contribution in [0.15, 0.2) is 47.5 Å². The highest BCUT2D eigenvalue weighted by atomic mass is 16.3. The number of Topliss-reactive ketones (excluding diaryl/α,β-unsaturated/α-hetero) is 1. The standard InChI is InChI=1S/C13H13NO2/c15-13(9-12-5-8-16-10-12)2-1-11-3-6-14-7-4-11/h3-8,10H,1-2,9H2. The highest BCUT2D eigenvalue weighted by Gasteiger charge is 2.05. The van der Waals surface area contributed by atoms with Crippen molar-refractivity contribution >= 4 is 5.78 Å². The molecule has 0 aliphatic carbocycles. The SMILES string of the molecule is O=C(CCc1ccncc1)Cc1ccoc1. The van der Waals surface area contributed by atoms with Gasteiger partial charge < -0.3 is 4.42 Å². The van der Waals surface area contributed by atoms with Crippen LogP contribution >= 0.6 is 0 Å². The lowest BCUT2D eigenvalue weighted by atomic mass is 10.1. The molecule has 0 radical (unpaired) electrons. The van der Waals surface area contributed by atoms with Crippen molar-refractivity contribution in [2.45, 2.75) is 19.3 Å². The van der Waals surface area contributed by atoms with Crippen LogP contribution < -0.4 is 0 Å². The van der Waals surface area contributed by atoms with Gasteiger partial charge in [0, 0.05) is 25.2 Å². The Kier molecular flexibility index (Phi) is 3.49. The molecule has 0 fully saturated rings. The first-order valence-electron chi connectivity index (χ1n) is 5.26. The number of carbonyl (C=O) groups excluding carboxylic acids is 1. The van der Waals surface area contributed by atoms with Crippen LogP contribution in [0, 0.1) is 0 Å². The summed E-state index contributed by atoms with van der Waals surface area (Å²) in [5.41, 5.74) is 2.09. The molecule has 0 atom stereocenters. The molecule has 0 spiro atoms. The van der Waals surface area contributed by atoms with Gasteiger partial charge in [0.05, 0.1) is 12.5 Å². The Morgan fingerprint density at radius 3 is 2.69 bits per heavy atom. The summed E-state index contributed by atoms with van der Waals surface area (Å²) in [6, 6.07) is 5.70. The van der Waals surface area contributed by atoms with Crippen LogP contribution in [0.1, 0.15) is 17.5 Å². The third-order valence-electron chi connectivity index (χ3n) is 2.42. The zero-order valence-electron chi connectivity index (χ0n) is 8.93. The normalized spacial score (nSPS) is 10.2. The maximum atomic E-state index is 11.6. The summed E-state index contributed by atoms with van der Waals surface area (Å²) >= 11 is 0. The molecular weight excluding hydrogens is 202 g/mol. The van der Waals surface area contributed by atoms with E-state index in [0.717, 1.165) is 17.5 Å². The van der Waals surface area contributed by atoms with Crippen LogP contribution in [0.3, 0.4) is 0 Å². The number of pyridine rings is 1. The minimum absolute atomic E-state index is 0.234. The second kappa shape index (κ2) is 5.26. The van der Waals surface area contributed by atoms with Gasteiger partial charge in [-0.1, -0.05) is 0 Å². The number of hydrogen-bond acceptors (Lipinski definition) is 3. The van der Waals surface area contributed by atoms with E-state index < -0.39 is 0 Å². The molecule has 0 aliphatic rings. The fourth-order valence-electron chi connectivity index (χ4n) is 1.54. The van der Waals surface area contributed by atoms with Crippen LogP contribution in [0.25, 0.3) is 0 Å². The zero-order valence-corrected chi connectivity index (χ0v) is 8.93. The Morgan fingerprint density at radius 2 is 2.00 bits per heavy atom. The van der Waals surface area contributed by atoms with E-state index >= 15 is 0 Å². The third kappa shape index (κ3) is 3.05. The minimum atomic E-state index is 0.234. The molecule has 16 heavy (non-hydrogen) atoms. The topological polar surface area (TPSA) is 43.1 Å². The van der Waals surface area contributed by atoms with E-state index in [4.69, 9.17) is 4.42 Å². The van der Waals surface area contributed by atoms with E-state index in [2.05, 4.69) is 4.98 Å². The Balaban J connectivity index is 1.80. The molecule has 0 saturated heterocycles. The molecule has 82 valence electrons. The molecule has 2 aromatic heterocycles. The monoisotopic (exact) mass is 215 g/mol. The molecule has 3 nitrogen and oxygen atoms in total. The average Bonchev–Trinajstić information content (AvgIpc) is 2.81. The zero-order chi connectivity index (χ0) is 11.2. The van der Waals surface area contributed by atoms with Crippen molar-refractivity contribution in [3.8, 4) is 0 Å². The van der Waals surface area contributed by atoms with Gasteiger partial charge in [0.25, 0.3) is 0 Å². The Morgan fingerprint density at radius 1 is 1.19 bits per heavy atom. The van der Waals surface area contributed by atoms with Crippen LogP contribution in [0.4, 0.5) is 0 Å². The first kappa shape index (κ1) is 10.6. The van der Waals surface area contributed by atoms with Crippen molar-refractivity contribution < 1.29 is 9.21 Å². The molecule has 2 aromatic rings. The van der Waals surface area contributed by atoms with E-state index in [0.29, 0.717) is 12.8 Å². The molecular formula is C13H13NO2. The van der Waals surface area contributed by atoms with Gasteiger partial charge >= 0.3 is 0 Å². The molecule has 3 heteroatoms. The number of nitrogens with zero attached hydrogens (tertiary/aromatic N) is 1. The first-order valence-corrected chi connectivity index (χ1v) is 5.26. The van der Waals surface area contributed by atoms with Gasteiger partial charge in [0.2, 0.25) is 0 Å². The van der Waals surface area contributed by atoms with Gasteiger partial charge in [0.1, 0.15) is 5.78 Å². The molecule has 0 amide bonds. The molecule has 2 rings (SSSR count). The second-order valence-corrected chi connectivity index (χ2v) is 3.70. The van der Waals surface area contributed by atoms with Crippen LogP contribution in [0.2, 0.25) is 0 Å². The predicted octanol–water partition coefficient (Wildman–Crippen LogP) is 2.42. The van der Waals surface area contributed by atoms with E-state index in [9.17, 15) is 4.79 Å². The lowest BCUT2D eigenvalue weighted by molar-refractivity contribution is -0.118. The van der Waals surface area contributed by atoms with Crippen molar-refractivity contribution in [2.75, 3.05) is 0 Å². The summed E-state index contributed by atoms with van der Waals surface area (Å²) in [4.78, 5) is 15.6. The molecule has 0 aliphatic heterocycles. The van der Waals surface area contributed by atoms with E-state index in [-0.39, 0.29) is 5.78 Å². The lowest BCUT2D eigenvalue weighted by Crippen LogP contribution is -2.03. The number of rotatable bonds is 5. The van der Waals surface area contributed by atoms with Crippen LogP contribution in [-0.2, 0) is 17.6 Å². The smallest absolute Gasteiger partial charge is 0.137 e. The average molecular weight is 215 g/mol. The van der Waals surface area contributed by atoms with Crippen molar-refractivity contribution in [1.29, 1.82) is 0 Å². The molecule has 0 bridgehead atoms. The van der Waals surface area contributed by atoms with Crippen LogP contribution in [0.5, 0.6) is 0 Å². The Bertz CT molecular complexity index is 434. The number of carbonyl (C=O) groups is 1. The summed E-state index contributed by atoms with van der Waals surface area (Å²) in [6.07, 6.45) is 8.50. The highest BCUT2D eigenvalue weighted by Crippen LogP contribution is 2.06. The summed E-state index contributed by atoms with van der Waals surface area (Å²) < 4.78 is 4.92. The number of aromatic nitrogens is 1. The van der Waals surface area contributed by atoms with E-state index in [1.807, 2.05) is 18.2 Å². The Hall–Kier alpha value is -1.90. The van der Waals surface area contributed by atoms with Crippen molar-refractivity contribution in [2.24, 2.45) is 0 Å².